The van der Waals surface area contributed by atoms with Gasteiger partial charge >= 0.3 is 0 Å². The Morgan fingerprint density at radius 2 is 1.84 bits per heavy atom. The number of carbonyl (C=O) groups is 1. The molecule has 1 saturated carbocycles. The van der Waals surface area contributed by atoms with Gasteiger partial charge in [0.2, 0.25) is 5.82 Å². The summed E-state index contributed by atoms with van der Waals surface area (Å²) in [5.74, 6) is 0.983. The van der Waals surface area contributed by atoms with Crippen molar-refractivity contribution in [3.63, 3.8) is 0 Å². The van der Waals surface area contributed by atoms with E-state index in [0.717, 1.165) is 36.9 Å². The van der Waals surface area contributed by atoms with E-state index in [1.54, 1.807) is 23.0 Å². The Kier molecular flexibility index (Phi) is 10.5. The normalized spacial score (nSPS) is 13.1. The highest BCUT2D eigenvalue weighted by atomic mass is 19.1. The maximum absolute atomic E-state index is 13.0. The SMILES string of the molecule is CC.CCF.Cc1cccc(-c2nc(Nc3ccncc3C(=O)NC3CCCCC3)c3cccn3n2)n1. The van der Waals surface area contributed by atoms with Crippen molar-refractivity contribution in [2.24, 2.45) is 0 Å². The summed E-state index contributed by atoms with van der Waals surface area (Å²) in [4.78, 5) is 26.5. The van der Waals surface area contributed by atoms with Crippen LogP contribution in [0.4, 0.5) is 15.9 Å². The molecule has 0 saturated heterocycles. The van der Waals surface area contributed by atoms with E-state index in [9.17, 15) is 9.18 Å². The Bertz CT molecular complexity index is 1280. The first-order valence-corrected chi connectivity index (χ1v) is 13.0. The lowest BCUT2D eigenvalue weighted by molar-refractivity contribution is 0.0928. The first kappa shape index (κ1) is 27.7. The monoisotopic (exact) mass is 505 g/mol. The Balaban J connectivity index is 0.000000711. The van der Waals surface area contributed by atoms with Gasteiger partial charge in [-0.2, -0.15) is 0 Å². The summed E-state index contributed by atoms with van der Waals surface area (Å²) in [7, 11) is 0. The summed E-state index contributed by atoms with van der Waals surface area (Å²) >= 11 is 0. The van der Waals surface area contributed by atoms with E-state index in [1.807, 2.05) is 57.3 Å². The second kappa shape index (κ2) is 14.0. The molecule has 4 aromatic rings. The number of amides is 1. The first-order chi connectivity index (χ1) is 18.1. The van der Waals surface area contributed by atoms with Crippen LogP contribution in [0, 0.1) is 6.92 Å². The van der Waals surface area contributed by atoms with E-state index >= 15 is 0 Å². The van der Waals surface area contributed by atoms with E-state index < -0.39 is 0 Å². The maximum atomic E-state index is 13.0. The third kappa shape index (κ3) is 7.31. The Morgan fingerprint density at radius 1 is 1.08 bits per heavy atom. The highest BCUT2D eigenvalue weighted by Crippen LogP contribution is 2.26. The molecule has 1 aliphatic rings. The second-order valence-corrected chi connectivity index (χ2v) is 8.41. The lowest BCUT2D eigenvalue weighted by Gasteiger charge is -2.23. The third-order valence-corrected chi connectivity index (χ3v) is 5.77. The van der Waals surface area contributed by atoms with E-state index in [-0.39, 0.29) is 18.6 Å². The van der Waals surface area contributed by atoms with Crippen LogP contribution in [0.3, 0.4) is 0 Å². The number of alkyl halides is 1. The summed E-state index contributed by atoms with van der Waals surface area (Å²) in [5, 5.41) is 11.1. The average molecular weight is 506 g/mol. The molecule has 0 unspecified atom stereocenters. The smallest absolute Gasteiger partial charge is 0.255 e. The molecule has 5 rings (SSSR count). The Morgan fingerprint density at radius 3 is 2.57 bits per heavy atom. The highest BCUT2D eigenvalue weighted by Gasteiger charge is 2.20. The number of aromatic nitrogens is 5. The number of pyridine rings is 2. The van der Waals surface area contributed by atoms with Crippen LogP contribution in [0.15, 0.2) is 55.0 Å². The number of hydrogen-bond acceptors (Lipinski definition) is 6. The van der Waals surface area contributed by atoms with Gasteiger partial charge in [0.05, 0.1) is 17.9 Å². The molecule has 0 spiro atoms. The molecule has 37 heavy (non-hydrogen) atoms. The molecule has 1 amide bonds. The molecule has 4 aromatic heterocycles. The Labute approximate surface area is 217 Å². The van der Waals surface area contributed by atoms with E-state index in [1.165, 1.54) is 13.3 Å². The number of carbonyl (C=O) groups excluding carboxylic acids is 1. The topological polar surface area (TPSA) is 97.1 Å². The Hall–Kier alpha value is -3.88. The lowest BCUT2D eigenvalue weighted by atomic mass is 9.95. The predicted molar refractivity (Wildman–Crippen MR) is 146 cm³/mol. The van der Waals surface area contributed by atoms with Gasteiger partial charge in [0.15, 0.2) is 5.82 Å². The zero-order valence-electron chi connectivity index (χ0n) is 22.0. The predicted octanol–water partition coefficient (Wildman–Crippen LogP) is 6.30. The molecule has 2 N–H and O–H groups in total. The minimum Gasteiger partial charge on any atom is -0.349 e. The van der Waals surface area contributed by atoms with E-state index in [4.69, 9.17) is 4.98 Å². The summed E-state index contributed by atoms with van der Waals surface area (Å²) in [6, 6.07) is 11.6. The molecule has 1 fully saturated rings. The summed E-state index contributed by atoms with van der Waals surface area (Å²) in [6.45, 7) is 7.14. The molecule has 0 bridgehead atoms. The van der Waals surface area contributed by atoms with Crippen LogP contribution >= 0.6 is 0 Å². The molecule has 0 aliphatic heterocycles. The van der Waals surface area contributed by atoms with Gasteiger partial charge in [0.25, 0.3) is 5.91 Å². The molecule has 0 atom stereocenters. The number of fused-ring (bicyclic) bond motifs is 1. The molecule has 0 radical (unpaired) electrons. The molecule has 4 heterocycles. The number of rotatable bonds is 5. The van der Waals surface area contributed by atoms with Gasteiger partial charge in [-0.1, -0.05) is 39.2 Å². The van der Waals surface area contributed by atoms with Gasteiger partial charge in [-0.05, 0) is 57.0 Å². The molecule has 9 heteroatoms. The largest absolute Gasteiger partial charge is 0.349 e. The van der Waals surface area contributed by atoms with E-state index in [2.05, 4.69) is 25.7 Å². The quantitative estimate of drug-likeness (QED) is 0.330. The van der Waals surface area contributed by atoms with Crippen molar-refractivity contribution in [3.05, 3.63) is 66.2 Å². The van der Waals surface area contributed by atoms with Gasteiger partial charge in [0.1, 0.15) is 11.2 Å². The first-order valence-electron chi connectivity index (χ1n) is 13.0. The fourth-order valence-corrected chi connectivity index (χ4v) is 4.12. The van der Waals surface area contributed by atoms with Crippen LogP contribution in [0.5, 0.6) is 0 Å². The molecule has 8 nitrogen and oxygen atoms in total. The van der Waals surface area contributed by atoms with Gasteiger partial charge < -0.3 is 10.6 Å². The van der Waals surface area contributed by atoms with Crippen LogP contribution in [0.2, 0.25) is 0 Å². The van der Waals surface area contributed by atoms with Crippen molar-refractivity contribution in [1.29, 1.82) is 0 Å². The molecule has 0 aromatic carbocycles. The minimum absolute atomic E-state index is 0.117. The van der Waals surface area contributed by atoms with Crippen molar-refractivity contribution in [3.8, 4) is 11.5 Å². The lowest BCUT2D eigenvalue weighted by Crippen LogP contribution is -2.36. The fraction of sp³-hybridized carbons (Fsp3) is 0.393. The van der Waals surface area contributed by atoms with Gasteiger partial charge in [-0.3, -0.25) is 14.2 Å². The minimum atomic E-state index is -0.250. The average Bonchev–Trinajstić information content (AvgIpc) is 3.40. The van der Waals surface area contributed by atoms with Crippen LogP contribution in [0.1, 0.15) is 68.9 Å². The number of aryl methyl sites for hydroxylation is 1. The van der Waals surface area contributed by atoms with Crippen molar-refractivity contribution >= 4 is 22.9 Å². The number of hydrogen-bond donors (Lipinski definition) is 2. The van der Waals surface area contributed by atoms with Crippen LogP contribution in [0.25, 0.3) is 17.0 Å². The maximum Gasteiger partial charge on any atom is 0.255 e. The standard InChI is InChI=1S/C24H25N7O.C2H5F.C2H6/c1-16-7-5-10-20(26-16)22-29-23(21-11-6-14-31(21)30-22)28-19-12-13-25-15-18(19)24(32)27-17-8-3-2-4-9-17;1-2-3;1-2/h5-7,10-15,17H,2-4,8-9H2,1H3,(H,27,32)(H,25,28,29,30);2H2,1H3;1-2H3. The fourth-order valence-electron chi connectivity index (χ4n) is 4.12. The van der Waals surface area contributed by atoms with Crippen molar-refractivity contribution in [2.75, 3.05) is 12.0 Å². The van der Waals surface area contributed by atoms with Crippen molar-refractivity contribution in [2.45, 2.75) is 65.8 Å². The van der Waals surface area contributed by atoms with Crippen LogP contribution in [-0.4, -0.2) is 43.2 Å². The number of anilines is 2. The summed E-state index contributed by atoms with van der Waals surface area (Å²) in [6.07, 6.45) is 10.7. The number of nitrogens with one attached hydrogen (secondary N) is 2. The van der Waals surface area contributed by atoms with Crippen molar-refractivity contribution in [1.82, 2.24) is 29.9 Å². The van der Waals surface area contributed by atoms with Gasteiger partial charge in [-0.25, -0.2) is 14.5 Å². The molecular formula is C28H36FN7O. The number of nitrogens with zero attached hydrogens (tertiary/aromatic N) is 5. The summed E-state index contributed by atoms with van der Waals surface area (Å²) < 4.78 is 12.1. The number of halogens is 1. The third-order valence-electron chi connectivity index (χ3n) is 5.77. The molecular weight excluding hydrogens is 469 g/mol. The van der Waals surface area contributed by atoms with Crippen LogP contribution < -0.4 is 10.6 Å². The van der Waals surface area contributed by atoms with E-state index in [0.29, 0.717) is 28.6 Å². The zero-order chi connectivity index (χ0) is 26.6. The second-order valence-electron chi connectivity index (χ2n) is 8.41. The summed E-state index contributed by atoms with van der Waals surface area (Å²) in [5.41, 5.74) is 3.53. The highest BCUT2D eigenvalue weighted by molar-refractivity contribution is 6.00. The molecule has 1 aliphatic carbocycles. The van der Waals surface area contributed by atoms with Crippen LogP contribution in [-0.2, 0) is 0 Å². The van der Waals surface area contributed by atoms with Gasteiger partial charge in [-0.15, -0.1) is 5.10 Å². The van der Waals surface area contributed by atoms with Gasteiger partial charge in [0, 0.05) is 30.3 Å². The molecule has 196 valence electrons. The zero-order valence-corrected chi connectivity index (χ0v) is 22.0. The van der Waals surface area contributed by atoms with Crippen molar-refractivity contribution < 1.29 is 9.18 Å².